The van der Waals surface area contributed by atoms with Crippen LogP contribution >= 0.6 is 0 Å². The van der Waals surface area contributed by atoms with Gasteiger partial charge in [0.25, 0.3) is 5.91 Å². The summed E-state index contributed by atoms with van der Waals surface area (Å²) in [5, 5.41) is 21.3. The second kappa shape index (κ2) is 7.64. The van der Waals surface area contributed by atoms with Gasteiger partial charge in [0, 0.05) is 11.3 Å². The fourth-order valence-corrected chi connectivity index (χ4v) is 2.11. The molecule has 2 N–H and O–H groups in total. The van der Waals surface area contributed by atoms with E-state index in [2.05, 4.69) is 5.32 Å². The lowest BCUT2D eigenvalue weighted by Crippen LogP contribution is -2.15. The van der Waals surface area contributed by atoms with Gasteiger partial charge < -0.3 is 10.4 Å². The van der Waals surface area contributed by atoms with E-state index in [1.807, 2.05) is 0 Å². The largest absolute Gasteiger partial charge is 0.506 e. The monoisotopic (exact) mass is 400 g/mol. The molecule has 0 aromatic heterocycles. The first-order valence-electron chi connectivity index (χ1n) is 7.43. The van der Waals surface area contributed by atoms with Crippen LogP contribution in [0.3, 0.4) is 0 Å². The molecule has 4 nitrogen and oxygen atoms in total. The molecule has 0 radical (unpaired) electrons. The maximum atomic E-state index is 12.6. The quantitative estimate of drug-likeness (QED) is 0.324. The summed E-state index contributed by atoms with van der Waals surface area (Å²) in [4.78, 5) is 12.1. The molecule has 0 heterocycles. The molecule has 2 aromatic rings. The van der Waals surface area contributed by atoms with Crippen LogP contribution in [0.1, 0.15) is 16.7 Å². The van der Waals surface area contributed by atoms with Gasteiger partial charge in [-0.15, -0.1) is 0 Å². The molecule has 0 unspecified atom stereocenters. The number of nitriles is 1. The number of nitrogens with zero attached hydrogens (tertiary/aromatic N) is 1. The van der Waals surface area contributed by atoms with Crippen LogP contribution in [-0.4, -0.2) is 11.0 Å². The predicted molar refractivity (Wildman–Crippen MR) is 86.7 cm³/mol. The van der Waals surface area contributed by atoms with Crippen LogP contribution in [0.4, 0.5) is 32.0 Å². The van der Waals surface area contributed by atoms with Crippen molar-refractivity contribution in [2.75, 3.05) is 5.32 Å². The number of hydrogen-bond donors (Lipinski definition) is 2. The molecule has 0 bridgehead atoms. The SMILES string of the molecule is N#CC(C(=O)Nc1ccc(C(F)(F)F)cc1)=C(O)c1ccc(C(F)(F)F)cc1. The van der Waals surface area contributed by atoms with Crippen LogP contribution in [0.15, 0.2) is 54.1 Å². The number of aliphatic hydroxyl groups is 1. The summed E-state index contributed by atoms with van der Waals surface area (Å²) in [5.74, 6) is -2.01. The topological polar surface area (TPSA) is 73.1 Å². The average Bonchev–Trinajstić information content (AvgIpc) is 2.61. The number of nitrogens with one attached hydrogen (secondary N) is 1. The normalized spacial score (nSPS) is 12.8. The number of amides is 1. The van der Waals surface area contributed by atoms with Crippen molar-refractivity contribution in [3.8, 4) is 6.07 Å². The molecule has 10 heteroatoms. The Kier molecular flexibility index (Phi) is 5.68. The van der Waals surface area contributed by atoms with Gasteiger partial charge in [-0.3, -0.25) is 4.79 Å². The third-order valence-corrected chi connectivity index (χ3v) is 3.53. The van der Waals surface area contributed by atoms with Gasteiger partial charge in [0.1, 0.15) is 11.8 Å². The van der Waals surface area contributed by atoms with Gasteiger partial charge >= 0.3 is 12.4 Å². The van der Waals surface area contributed by atoms with E-state index in [9.17, 15) is 36.2 Å². The molecule has 2 aromatic carbocycles. The number of anilines is 1. The highest BCUT2D eigenvalue weighted by molar-refractivity contribution is 6.10. The molecular formula is C18H10F6N2O2. The van der Waals surface area contributed by atoms with Gasteiger partial charge in [-0.2, -0.15) is 31.6 Å². The van der Waals surface area contributed by atoms with Crippen molar-refractivity contribution < 1.29 is 36.2 Å². The predicted octanol–water partition coefficient (Wildman–Crippen LogP) is 5.16. The lowest BCUT2D eigenvalue weighted by molar-refractivity contribution is -0.138. The zero-order valence-corrected chi connectivity index (χ0v) is 13.7. The van der Waals surface area contributed by atoms with E-state index in [1.165, 1.54) is 6.07 Å². The number of carbonyl (C=O) groups is 1. The molecule has 0 spiro atoms. The highest BCUT2D eigenvalue weighted by atomic mass is 19.4. The van der Waals surface area contributed by atoms with Crippen molar-refractivity contribution in [3.05, 3.63) is 70.8 Å². The fraction of sp³-hybridized carbons (Fsp3) is 0.111. The smallest absolute Gasteiger partial charge is 0.416 e. The highest BCUT2D eigenvalue weighted by Crippen LogP contribution is 2.31. The molecule has 0 saturated heterocycles. The van der Waals surface area contributed by atoms with E-state index in [0.717, 1.165) is 24.3 Å². The molecule has 0 aliphatic heterocycles. The van der Waals surface area contributed by atoms with Gasteiger partial charge in [0.2, 0.25) is 0 Å². The molecule has 0 fully saturated rings. The van der Waals surface area contributed by atoms with Crippen molar-refractivity contribution in [1.29, 1.82) is 5.26 Å². The number of benzene rings is 2. The molecule has 0 atom stereocenters. The van der Waals surface area contributed by atoms with E-state index in [-0.39, 0.29) is 11.3 Å². The maximum absolute atomic E-state index is 12.6. The first kappa shape index (κ1) is 20.8. The van der Waals surface area contributed by atoms with Crippen LogP contribution in [0.2, 0.25) is 0 Å². The Morgan fingerprint density at radius 3 is 1.68 bits per heavy atom. The molecule has 0 aliphatic carbocycles. The Balaban J connectivity index is 2.25. The number of aliphatic hydroxyl groups excluding tert-OH is 1. The Morgan fingerprint density at radius 2 is 1.29 bits per heavy atom. The van der Waals surface area contributed by atoms with E-state index in [1.54, 1.807) is 0 Å². The molecule has 28 heavy (non-hydrogen) atoms. The lowest BCUT2D eigenvalue weighted by Gasteiger charge is -2.10. The van der Waals surface area contributed by atoms with E-state index >= 15 is 0 Å². The summed E-state index contributed by atoms with van der Waals surface area (Å²) >= 11 is 0. The Labute approximate surface area is 154 Å². The van der Waals surface area contributed by atoms with Gasteiger partial charge in [-0.1, -0.05) is 12.1 Å². The molecule has 2 rings (SSSR count). The standard InChI is InChI=1S/C18H10F6N2O2/c19-17(20,21)11-3-1-10(2-4-11)15(27)14(9-25)16(28)26-13-7-5-12(6-8-13)18(22,23)24/h1-8,27H,(H,26,28). The van der Waals surface area contributed by atoms with Crippen molar-refractivity contribution >= 4 is 17.4 Å². The molecule has 146 valence electrons. The van der Waals surface area contributed by atoms with Gasteiger partial charge in [-0.25, -0.2) is 0 Å². The summed E-state index contributed by atoms with van der Waals surface area (Å²) < 4.78 is 75.2. The number of rotatable bonds is 3. The van der Waals surface area contributed by atoms with Crippen LogP contribution < -0.4 is 5.32 Å². The van der Waals surface area contributed by atoms with E-state index in [4.69, 9.17) is 5.26 Å². The summed E-state index contributed by atoms with van der Waals surface area (Å²) in [7, 11) is 0. The highest BCUT2D eigenvalue weighted by Gasteiger charge is 2.31. The van der Waals surface area contributed by atoms with Gasteiger partial charge in [-0.05, 0) is 36.4 Å². The van der Waals surface area contributed by atoms with Gasteiger partial charge in [0.15, 0.2) is 5.57 Å². The van der Waals surface area contributed by atoms with Gasteiger partial charge in [0.05, 0.1) is 11.1 Å². The zero-order valence-electron chi connectivity index (χ0n) is 13.7. The minimum atomic E-state index is -4.60. The Bertz CT molecular complexity index is 937. The van der Waals surface area contributed by atoms with Crippen molar-refractivity contribution in [1.82, 2.24) is 0 Å². The lowest BCUT2D eigenvalue weighted by atomic mass is 10.1. The first-order chi connectivity index (χ1) is 12.9. The molecular weight excluding hydrogens is 390 g/mol. The second-order valence-electron chi connectivity index (χ2n) is 5.44. The van der Waals surface area contributed by atoms with E-state index < -0.39 is 40.7 Å². The van der Waals surface area contributed by atoms with E-state index in [0.29, 0.717) is 24.3 Å². The Hall–Kier alpha value is -3.48. The zero-order chi connectivity index (χ0) is 21.1. The Morgan fingerprint density at radius 1 is 0.857 bits per heavy atom. The molecule has 0 aliphatic rings. The van der Waals surface area contributed by atoms with Crippen molar-refractivity contribution in [2.24, 2.45) is 0 Å². The molecule has 0 saturated carbocycles. The minimum Gasteiger partial charge on any atom is -0.506 e. The van der Waals surface area contributed by atoms with Crippen LogP contribution in [0.25, 0.3) is 5.76 Å². The first-order valence-corrected chi connectivity index (χ1v) is 7.43. The van der Waals surface area contributed by atoms with Crippen LogP contribution in [0, 0.1) is 11.3 Å². The van der Waals surface area contributed by atoms with Crippen LogP contribution in [-0.2, 0) is 17.1 Å². The minimum absolute atomic E-state index is 0.0778. The number of halogens is 6. The van der Waals surface area contributed by atoms with Crippen LogP contribution in [0.5, 0.6) is 0 Å². The number of alkyl halides is 6. The molecule has 1 amide bonds. The summed E-state index contributed by atoms with van der Waals surface area (Å²) in [6.07, 6.45) is -9.17. The maximum Gasteiger partial charge on any atom is 0.416 e. The second-order valence-corrected chi connectivity index (χ2v) is 5.44. The van der Waals surface area contributed by atoms with Crippen molar-refractivity contribution in [2.45, 2.75) is 12.4 Å². The third kappa shape index (κ3) is 4.82. The summed E-state index contributed by atoms with van der Waals surface area (Å²) in [6, 6.07) is 7.81. The number of hydrogen-bond acceptors (Lipinski definition) is 3. The fourth-order valence-electron chi connectivity index (χ4n) is 2.11. The summed E-state index contributed by atoms with van der Waals surface area (Å²) in [5.41, 5.74) is -3.05. The average molecular weight is 400 g/mol. The third-order valence-electron chi connectivity index (χ3n) is 3.53. The van der Waals surface area contributed by atoms with Crippen molar-refractivity contribution in [3.63, 3.8) is 0 Å². The summed E-state index contributed by atoms with van der Waals surface area (Å²) in [6.45, 7) is 0. The number of carbonyl (C=O) groups excluding carboxylic acids is 1.